The van der Waals surface area contributed by atoms with Gasteiger partial charge >= 0.3 is 5.97 Å². The summed E-state index contributed by atoms with van der Waals surface area (Å²) in [5.41, 5.74) is 2.23. The summed E-state index contributed by atoms with van der Waals surface area (Å²) in [6.07, 6.45) is 3.26. The third kappa shape index (κ3) is 3.75. The van der Waals surface area contributed by atoms with Crippen molar-refractivity contribution in [1.82, 2.24) is 0 Å². The Hall–Kier alpha value is -1.55. The van der Waals surface area contributed by atoms with Crippen LogP contribution in [0.25, 0.3) is 0 Å². The summed E-state index contributed by atoms with van der Waals surface area (Å²) in [6, 6.07) is 10.2. The van der Waals surface area contributed by atoms with Gasteiger partial charge in [-0.25, -0.2) is 0 Å². The van der Waals surface area contributed by atoms with Gasteiger partial charge in [-0.05, 0) is 37.3 Å². The molecule has 0 saturated heterocycles. The Morgan fingerprint density at radius 3 is 2.67 bits per heavy atom. The number of carbonyl (C=O) groups is 2. The largest absolute Gasteiger partial charge is 0.462 e. The maximum absolute atomic E-state index is 12.5. The summed E-state index contributed by atoms with van der Waals surface area (Å²) in [5.74, 6) is 1.36. The Morgan fingerprint density at radius 1 is 1.21 bits per heavy atom. The number of hydrogen-bond donors (Lipinski definition) is 0. The summed E-state index contributed by atoms with van der Waals surface area (Å²) in [5, 5.41) is 0. The van der Waals surface area contributed by atoms with Gasteiger partial charge in [0.25, 0.3) is 0 Å². The van der Waals surface area contributed by atoms with Crippen LogP contribution in [0.2, 0.25) is 0 Å². The number of rotatable bonds is 4. The van der Waals surface area contributed by atoms with Crippen molar-refractivity contribution in [3.8, 4) is 0 Å². The Kier molecular flexibility index (Phi) is 5.44. The zero-order valence-corrected chi connectivity index (χ0v) is 15.1. The second-order valence-electron chi connectivity index (χ2n) is 6.76. The molecule has 2 aliphatic carbocycles. The van der Waals surface area contributed by atoms with Crippen LogP contribution in [0.3, 0.4) is 0 Å². The molecule has 0 N–H and O–H groups in total. The maximum Gasteiger partial charge on any atom is 0.302 e. The predicted octanol–water partition coefficient (Wildman–Crippen LogP) is 4.42. The molecule has 128 valence electrons. The number of ether oxygens (including phenoxy) is 1. The number of hydrogen-bond acceptors (Lipinski definition) is 4. The number of ketones is 1. The highest BCUT2D eigenvalue weighted by Gasteiger charge is 2.40. The number of carbonyl (C=O) groups excluding carboxylic acids is 2. The smallest absolute Gasteiger partial charge is 0.302 e. The van der Waals surface area contributed by atoms with Gasteiger partial charge in [-0.1, -0.05) is 30.7 Å². The van der Waals surface area contributed by atoms with E-state index < -0.39 is 0 Å². The van der Waals surface area contributed by atoms with Crippen LogP contribution in [0, 0.1) is 11.8 Å². The van der Waals surface area contributed by atoms with Gasteiger partial charge in [0.15, 0.2) is 5.78 Å². The first-order valence-corrected chi connectivity index (χ1v) is 9.65. The summed E-state index contributed by atoms with van der Waals surface area (Å²) >= 11 is 1.72. The molecule has 4 heteroatoms. The molecule has 1 aromatic carbocycles. The van der Waals surface area contributed by atoms with Crippen LogP contribution in [0.5, 0.6) is 0 Å². The van der Waals surface area contributed by atoms with Crippen LogP contribution in [0.15, 0.2) is 46.4 Å². The normalized spacial score (nSPS) is 26.9. The van der Waals surface area contributed by atoms with Gasteiger partial charge in [0.1, 0.15) is 6.10 Å². The number of benzene rings is 1. The van der Waals surface area contributed by atoms with Crippen molar-refractivity contribution < 1.29 is 14.3 Å². The number of fused-ring (bicyclic) bond motifs is 1. The SMILES string of the molecule is CC(=O)O[C@@H]1C(C)CCC2=C(CSc3ccccc3)C(=O)CCC21. The first-order chi connectivity index (χ1) is 11.6. The highest BCUT2D eigenvalue weighted by molar-refractivity contribution is 7.99. The van der Waals surface area contributed by atoms with Crippen LogP contribution in [0.4, 0.5) is 0 Å². The summed E-state index contributed by atoms with van der Waals surface area (Å²) in [4.78, 5) is 25.2. The fourth-order valence-corrected chi connectivity index (χ4v) is 4.90. The number of Topliss-reactive ketones (excluding diaryl/α,β-unsaturated/α-hetero) is 1. The molecular weight excluding hydrogens is 320 g/mol. The van der Waals surface area contributed by atoms with Gasteiger partial charge in [-0.15, -0.1) is 11.8 Å². The monoisotopic (exact) mass is 344 g/mol. The predicted molar refractivity (Wildman–Crippen MR) is 95.9 cm³/mol. The van der Waals surface area contributed by atoms with Crippen molar-refractivity contribution >= 4 is 23.5 Å². The molecule has 1 fully saturated rings. The molecule has 0 aromatic heterocycles. The molecule has 0 heterocycles. The molecular formula is C20H24O3S. The standard InChI is InChI=1S/C20H24O3S/c1-13-8-9-16-17(20(13)23-14(2)21)10-11-19(22)18(16)12-24-15-6-4-3-5-7-15/h3-7,13,17,20H,8-12H2,1-2H3/t13?,17?,20-/m1/s1. The lowest BCUT2D eigenvalue weighted by Gasteiger charge is -2.40. The van der Waals surface area contributed by atoms with E-state index in [9.17, 15) is 9.59 Å². The zero-order chi connectivity index (χ0) is 17.1. The van der Waals surface area contributed by atoms with E-state index in [4.69, 9.17) is 4.74 Å². The van der Waals surface area contributed by atoms with Crippen molar-refractivity contribution in [3.63, 3.8) is 0 Å². The van der Waals surface area contributed by atoms with E-state index in [0.717, 1.165) is 30.6 Å². The first-order valence-electron chi connectivity index (χ1n) is 8.66. The average Bonchev–Trinajstić information content (AvgIpc) is 2.57. The van der Waals surface area contributed by atoms with Gasteiger partial charge < -0.3 is 4.74 Å². The molecule has 3 rings (SSSR count). The minimum absolute atomic E-state index is 0.0731. The molecule has 3 nitrogen and oxygen atoms in total. The molecule has 24 heavy (non-hydrogen) atoms. The quantitative estimate of drug-likeness (QED) is 0.599. The molecule has 3 atom stereocenters. The second kappa shape index (κ2) is 7.56. The summed E-state index contributed by atoms with van der Waals surface area (Å²) in [6.45, 7) is 3.63. The second-order valence-corrected chi connectivity index (χ2v) is 7.81. The lowest BCUT2D eigenvalue weighted by Crippen LogP contribution is -2.40. The topological polar surface area (TPSA) is 43.4 Å². The van der Waals surface area contributed by atoms with Gasteiger partial charge in [0.05, 0.1) is 0 Å². The molecule has 0 amide bonds. The number of esters is 1. The Morgan fingerprint density at radius 2 is 1.96 bits per heavy atom. The summed E-state index contributed by atoms with van der Waals surface area (Å²) in [7, 11) is 0. The molecule has 0 bridgehead atoms. The van der Waals surface area contributed by atoms with Crippen LogP contribution >= 0.6 is 11.8 Å². The van der Waals surface area contributed by atoms with Crippen molar-refractivity contribution in [2.24, 2.45) is 11.8 Å². The van der Waals surface area contributed by atoms with Gasteiger partial charge in [0, 0.05) is 35.5 Å². The highest BCUT2D eigenvalue weighted by atomic mass is 32.2. The van der Waals surface area contributed by atoms with Gasteiger partial charge in [-0.3, -0.25) is 9.59 Å². The van der Waals surface area contributed by atoms with Crippen molar-refractivity contribution in [2.45, 2.75) is 50.5 Å². The van der Waals surface area contributed by atoms with Crippen LogP contribution < -0.4 is 0 Å². The Balaban J connectivity index is 1.82. The molecule has 1 aromatic rings. The van der Waals surface area contributed by atoms with Crippen molar-refractivity contribution in [2.75, 3.05) is 5.75 Å². The third-order valence-corrected chi connectivity index (χ3v) is 6.15. The fraction of sp³-hybridized carbons (Fsp3) is 0.500. The summed E-state index contributed by atoms with van der Waals surface area (Å²) < 4.78 is 5.63. The average molecular weight is 344 g/mol. The van der Waals surface area contributed by atoms with Gasteiger partial charge in [-0.2, -0.15) is 0 Å². The van der Waals surface area contributed by atoms with Gasteiger partial charge in [0.2, 0.25) is 0 Å². The molecule has 0 aliphatic heterocycles. The van der Waals surface area contributed by atoms with E-state index in [0.29, 0.717) is 12.3 Å². The minimum atomic E-state index is -0.217. The van der Waals surface area contributed by atoms with Crippen LogP contribution in [0.1, 0.15) is 39.5 Å². The van der Waals surface area contributed by atoms with E-state index >= 15 is 0 Å². The Labute approximate surface area is 147 Å². The lowest BCUT2D eigenvalue weighted by atomic mass is 9.69. The molecule has 2 unspecified atom stereocenters. The highest BCUT2D eigenvalue weighted by Crippen LogP contribution is 2.43. The van der Waals surface area contributed by atoms with Crippen molar-refractivity contribution in [3.05, 3.63) is 41.5 Å². The first kappa shape index (κ1) is 17.3. The van der Waals surface area contributed by atoms with Crippen molar-refractivity contribution in [1.29, 1.82) is 0 Å². The molecule has 0 radical (unpaired) electrons. The fourth-order valence-electron chi connectivity index (χ4n) is 3.89. The van der Waals surface area contributed by atoms with E-state index in [1.54, 1.807) is 11.8 Å². The molecule has 0 spiro atoms. The Bertz CT molecular complexity index is 650. The maximum atomic E-state index is 12.5. The van der Waals surface area contributed by atoms with E-state index in [1.165, 1.54) is 17.4 Å². The minimum Gasteiger partial charge on any atom is -0.462 e. The van der Waals surface area contributed by atoms with E-state index in [1.807, 2.05) is 18.2 Å². The van der Waals surface area contributed by atoms with Crippen LogP contribution in [-0.2, 0) is 14.3 Å². The zero-order valence-electron chi connectivity index (χ0n) is 14.3. The molecule has 2 aliphatic rings. The molecule has 1 saturated carbocycles. The lowest BCUT2D eigenvalue weighted by molar-refractivity contribution is -0.153. The van der Waals surface area contributed by atoms with E-state index in [-0.39, 0.29) is 23.8 Å². The third-order valence-electron chi connectivity index (χ3n) is 5.11. The number of thioether (sulfide) groups is 1. The van der Waals surface area contributed by atoms with E-state index in [2.05, 4.69) is 19.1 Å². The van der Waals surface area contributed by atoms with Crippen LogP contribution in [-0.4, -0.2) is 23.6 Å².